The Labute approximate surface area is 474 Å². The van der Waals surface area contributed by atoms with Crippen molar-refractivity contribution in [3.8, 4) is 0 Å². The van der Waals surface area contributed by atoms with Crippen molar-refractivity contribution in [3.63, 3.8) is 0 Å². The molecule has 0 aromatic carbocycles. The summed E-state index contributed by atoms with van der Waals surface area (Å²) in [6.07, 6.45) is -0.122. The Morgan fingerprint density at radius 3 is 1.32 bits per heavy atom. The molecule has 3 saturated heterocycles. The smallest absolute Gasteiger partial charge is 0.325 e. The average molecular weight is 1060 g/mol. The highest BCUT2D eigenvalue weighted by molar-refractivity contribution is 8.12. The molecule has 36 heteroatoms. The molecule has 3 aromatic rings. The van der Waals surface area contributed by atoms with E-state index in [-0.39, 0.29) is 90.3 Å². The number of aliphatic hydroxyl groups excluding tert-OH is 1. The molecule has 0 saturated carbocycles. The number of likely N-dealkylation sites (N-methyl/N-ethyl adjacent to an activating group) is 2. The van der Waals surface area contributed by atoms with Crippen molar-refractivity contribution in [2.75, 3.05) is 48.4 Å². The van der Waals surface area contributed by atoms with Crippen molar-refractivity contribution in [3.05, 3.63) is 52.6 Å². The van der Waals surface area contributed by atoms with Crippen LogP contribution >= 0.6 is 34.8 Å². The van der Waals surface area contributed by atoms with E-state index in [1.165, 1.54) is 29.3 Å². The molecule has 3 fully saturated rings. The number of nitrogens with one attached hydrogen (secondary N) is 1. The summed E-state index contributed by atoms with van der Waals surface area (Å²) in [5.74, 6) is 1.39. The zero-order chi connectivity index (χ0) is 55.4. The van der Waals surface area contributed by atoms with Crippen molar-refractivity contribution in [2.45, 2.75) is 125 Å². The Bertz CT molecular complexity index is 2270. The Kier molecular flexibility index (Phi) is 28.7. The van der Waals surface area contributed by atoms with Crippen LogP contribution in [0.15, 0.2) is 36.8 Å². The molecule has 2 N–H and O–H groups in total. The number of rotatable bonds is 14. The Balaban J connectivity index is 0.000000500. The lowest BCUT2D eigenvalue weighted by molar-refractivity contribution is -0.0600. The van der Waals surface area contributed by atoms with Gasteiger partial charge in [-0.2, -0.15) is 0 Å². The molecule has 0 aliphatic carbocycles. The fraction of sp³-hybridized carbons (Fsp3) is 0.615. The molecule has 17 radical (unpaired) electrons. The van der Waals surface area contributed by atoms with Crippen molar-refractivity contribution in [1.29, 1.82) is 0 Å². The van der Waals surface area contributed by atoms with Gasteiger partial charge in [0.25, 0.3) is 0 Å². The molecule has 3 aliphatic rings. The van der Waals surface area contributed by atoms with Crippen molar-refractivity contribution in [2.24, 2.45) is 0 Å². The van der Waals surface area contributed by atoms with Crippen LogP contribution in [0.4, 0.5) is 31.8 Å². The maximum absolute atomic E-state index is 12.4. The van der Waals surface area contributed by atoms with Crippen molar-refractivity contribution in [1.82, 2.24) is 45.0 Å². The molecular weight excluding hydrogens is 1000 g/mol. The topological polar surface area (TPSA) is 195 Å². The van der Waals surface area contributed by atoms with E-state index in [2.05, 4.69) is 35.2 Å². The molecule has 0 bridgehead atoms. The number of amides is 6. The number of aromatic nitrogens is 6. The normalized spacial score (nSPS) is 18.3. The number of carbonyl (C=O) groups is 3. The monoisotopic (exact) mass is 1060 g/mol. The minimum atomic E-state index is -0.754. The van der Waals surface area contributed by atoms with Crippen molar-refractivity contribution >= 4 is 178 Å². The lowest BCUT2D eigenvalue weighted by Gasteiger charge is -2.35. The highest BCUT2D eigenvalue weighted by Gasteiger charge is 2.43. The standard InChI is InChI=1S/C14H21ClN4O2.C13H19ClN4O2.C10H13ClN4O2.2CH4.B15/c1-9(21-14(2,3)4)10-8-18(5)13(20)19(10)11-6-7-16-12(15)17-11;1-8(20-13(2,3)4)9-7-16-12(19)18(9)10-5-6-15-11(14)17-10;1-6(16)7-5-14(2)10(17)15(7)8-3-4-12-9(11)13-8;;;1-9-13(8)15(12(6)7)14(10(2)3)11(4)5/h6-7,9-10H,8H2,1-5H3;5-6,8-9H,7H2,1-4H3,(H,16,19);3-4,6-7,16H,5H2,1-2H3;2*1H4;/t9-,10-;8-,9-;6-,7-;;;/m111.../s1. The van der Waals surface area contributed by atoms with Gasteiger partial charge in [0.2, 0.25) is 15.9 Å². The highest BCUT2D eigenvalue weighted by Crippen LogP contribution is 2.29. The van der Waals surface area contributed by atoms with E-state index in [0.717, 1.165) is 0 Å². The van der Waals surface area contributed by atoms with E-state index >= 15 is 0 Å². The molecule has 6 amide bonds. The summed E-state index contributed by atoms with van der Waals surface area (Å²) in [5, 5.41) is 12.8. The van der Waals surface area contributed by atoms with Gasteiger partial charge in [0.1, 0.15) is 17.5 Å². The summed E-state index contributed by atoms with van der Waals surface area (Å²) in [6, 6.07) is 3.85. The molecule has 75 heavy (non-hydrogen) atoms. The maximum Gasteiger partial charge on any atom is 0.325 e. The van der Waals surface area contributed by atoms with Gasteiger partial charge < -0.3 is 29.7 Å². The largest absolute Gasteiger partial charge is 0.391 e. The second-order valence-electron chi connectivity index (χ2n) is 19.6. The van der Waals surface area contributed by atoms with Crippen LogP contribution in [0, 0.1) is 0 Å². The molecule has 3 aliphatic heterocycles. The Morgan fingerprint density at radius 1 is 0.640 bits per heavy atom. The minimum Gasteiger partial charge on any atom is -0.391 e. The zero-order valence-electron chi connectivity index (χ0n) is 43.3. The number of ether oxygens (including phenoxy) is 2. The fourth-order valence-electron chi connectivity index (χ4n) is 8.28. The fourth-order valence-corrected chi connectivity index (χ4v) is 8.71. The van der Waals surface area contributed by atoms with Crippen LogP contribution in [0.2, 0.25) is 15.9 Å². The van der Waals surface area contributed by atoms with Crippen LogP contribution in [-0.2, 0) is 9.47 Å². The molecule has 0 spiro atoms. The van der Waals surface area contributed by atoms with Gasteiger partial charge in [0.15, 0.2) is 0 Å². The number of aliphatic hydroxyl groups is 1. The number of urea groups is 3. The van der Waals surface area contributed by atoms with Crippen LogP contribution in [-0.4, -0.2) is 252 Å². The van der Waals surface area contributed by atoms with Gasteiger partial charge in [0, 0.05) is 160 Å². The van der Waals surface area contributed by atoms with Gasteiger partial charge in [0.05, 0.1) is 47.6 Å². The van der Waals surface area contributed by atoms with Gasteiger partial charge in [-0.1, -0.05) is 14.9 Å². The molecule has 3 aromatic heterocycles. The van der Waals surface area contributed by atoms with Crippen LogP contribution in [0.25, 0.3) is 0 Å². The first-order chi connectivity index (χ1) is 33.8. The van der Waals surface area contributed by atoms with Gasteiger partial charge in [-0.15, -0.1) is 0 Å². The quantitative estimate of drug-likeness (QED) is 0.173. The number of carbonyl (C=O) groups excluding carboxylic acids is 3. The van der Waals surface area contributed by atoms with Crippen molar-refractivity contribution < 1.29 is 29.0 Å². The molecular formula is C39H61B15Cl3N12O6. The molecule has 6 atom stereocenters. The van der Waals surface area contributed by atoms with Crippen LogP contribution < -0.4 is 20.0 Å². The first kappa shape index (κ1) is 69.8. The van der Waals surface area contributed by atoms with E-state index in [4.69, 9.17) is 106 Å². The third kappa shape index (κ3) is 20.5. The summed E-state index contributed by atoms with van der Waals surface area (Å²) in [7, 11) is 49.2. The predicted molar refractivity (Wildman–Crippen MR) is 321 cm³/mol. The zero-order valence-corrected chi connectivity index (χ0v) is 45.5. The molecule has 6 rings (SSSR count). The molecule has 0 unspecified atom stereocenters. The SMILES string of the molecule is C.C.C[C@@H](O)[C@H]1CN(C)C(=O)N1c1ccnc(Cl)n1.C[C@@H](OC(C)(C)C)[C@H]1CN(C)C(=O)N1c1ccnc(Cl)n1.C[C@@H](OC(C)(C)C)[C@H]1CNC(=O)N1c1ccnc(Cl)n1.[B][B]B([B])B(B([B])[B])B(B([B])[B])B([B])[B]. The van der Waals surface area contributed by atoms with Crippen LogP contribution in [0.5, 0.6) is 0 Å². The second-order valence-corrected chi connectivity index (χ2v) is 20.7. The first-order valence-electron chi connectivity index (χ1n) is 23.3. The molecule has 6 heterocycles. The van der Waals surface area contributed by atoms with Gasteiger partial charge >= 0.3 is 18.1 Å². The Morgan fingerprint density at radius 2 is 0.987 bits per heavy atom. The van der Waals surface area contributed by atoms with E-state index in [1.807, 2.05) is 55.4 Å². The van der Waals surface area contributed by atoms with E-state index in [0.29, 0.717) is 37.1 Å². The minimum absolute atomic E-state index is 0. The predicted octanol–water partition coefficient (Wildman–Crippen LogP) is 1.12. The lowest BCUT2D eigenvalue weighted by Crippen LogP contribution is -2.73. The third-order valence-corrected chi connectivity index (χ3v) is 11.9. The van der Waals surface area contributed by atoms with Gasteiger partial charge in [-0.25, -0.2) is 44.3 Å². The number of halogens is 3. The maximum atomic E-state index is 12.4. The van der Waals surface area contributed by atoms with Crippen LogP contribution in [0.1, 0.15) is 77.2 Å². The summed E-state index contributed by atoms with van der Waals surface area (Å²) in [5.41, 5.74) is -0.557. The number of hydrogen-bond donors (Lipinski definition) is 2. The molecule has 379 valence electrons. The van der Waals surface area contributed by atoms with Gasteiger partial charge in [-0.05, 0) is 115 Å². The lowest BCUT2D eigenvalue weighted by atomic mass is 8.46. The van der Waals surface area contributed by atoms with Gasteiger partial charge in [-0.3, -0.25) is 14.7 Å². The first-order valence-corrected chi connectivity index (χ1v) is 24.4. The van der Waals surface area contributed by atoms with Crippen LogP contribution in [0.3, 0.4) is 0 Å². The number of anilines is 3. The number of nitrogens with zero attached hydrogens (tertiary/aromatic N) is 11. The van der Waals surface area contributed by atoms with E-state index < -0.39 is 44.4 Å². The Hall–Kier alpha value is -3.23. The summed E-state index contributed by atoms with van der Waals surface area (Å²) < 4.78 is 11.9. The second kappa shape index (κ2) is 30.8. The third-order valence-electron chi connectivity index (χ3n) is 11.4. The van der Waals surface area contributed by atoms with E-state index in [1.54, 1.807) is 60.1 Å². The summed E-state index contributed by atoms with van der Waals surface area (Å²) in [6.45, 7) is 19.1. The summed E-state index contributed by atoms with van der Waals surface area (Å²) >= 11 is 17.3. The highest BCUT2D eigenvalue weighted by atomic mass is 35.5. The average Bonchev–Trinajstić information content (AvgIpc) is 3.92. The number of hydrogen-bond acceptors (Lipinski definition) is 12. The molecule has 18 nitrogen and oxygen atoms in total. The summed E-state index contributed by atoms with van der Waals surface area (Å²) in [4.78, 5) is 67.9. The van der Waals surface area contributed by atoms with E-state index in [9.17, 15) is 19.5 Å².